The quantitative estimate of drug-likeness (QED) is 0.706. The van der Waals surface area contributed by atoms with Crippen LogP contribution >= 0.6 is 11.8 Å². The second-order valence-electron chi connectivity index (χ2n) is 5.83. The Hall–Kier alpha value is -1.94. The summed E-state index contributed by atoms with van der Waals surface area (Å²) in [6.45, 7) is 5.08. The standard InChI is InChI=1S/C20H22FNOS/c1-4-24-19-12-14(2)20-17(6-5-7-18(20)23-3)22(19)13-15-8-10-16(21)11-9-15/h5-12,14H,4,13H2,1-3H3. The van der Waals surface area contributed by atoms with Crippen molar-refractivity contribution in [1.82, 2.24) is 0 Å². The van der Waals surface area contributed by atoms with Crippen LogP contribution in [0.4, 0.5) is 10.1 Å². The highest BCUT2D eigenvalue weighted by atomic mass is 32.2. The van der Waals surface area contributed by atoms with Crippen LogP contribution in [-0.4, -0.2) is 12.9 Å². The van der Waals surface area contributed by atoms with Gasteiger partial charge in [-0.1, -0.05) is 32.0 Å². The Balaban J connectivity index is 2.03. The molecule has 0 saturated heterocycles. The summed E-state index contributed by atoms with van der Waals surface area (Å²) >= 11 is 1.84. The van der Waals surface area contributed by atoms with Crippen LogP contribution in [0.2, 0.25) is 0 Å². The molecule has 0 aromatic heterocycles. The Morgan fingerprint density at radius 2 is 1.92 bits per heavy atom. The molecule has 1 unspecified atom stereocenters. The third-order valence-corrected chi connectivity index (χ3v) is 5.15. The third-order valence-electron chi connectivity index (χ3n) is 4.21. The van der Waals surface area contributed by atoms with E-state index in [9.17, 15) is 4.39 Å². The van der Waals surface area contributed by atoms with Gasteiger partial charge in [0.05, 0.1) is 12.1 Å². The Morgan fingerprint density at radius 1 is 1.17 bits per heavy atom. The van der Waals surface area contributed by atoms with Crippen molar-refractivity contribution in [3.63, 3.8) is 0 Å². The van der Waals surface area contributed by atoms with Gasteiger partial charge in [-0.05, 0) is 41.7 Å². The first-order valence-electron chi connectivity index (χ1n) is 8.17. The maximum atomic E-state index is 13.2. The van der Waals surface area contributed by atoms with Gasteiger partial charge < -0.3 is 9.64 Å². The summed E-state index contributed by atoms with van der Waals surface area (Å²) in [7, 11) is 1.71. The molecule has 0 fully saturated rings. The van der Waals surface area contributed by atoms with E-state index in [0.717, 1.165) is 17.1 Å². The smallest absolute Gasteiger partial charge is 0.124 e. The first-order valence-corrected chi connectivity index (χ1v) is 9.16. The number of thioether (sulfide) groups is 1. The molecule has 1 aliphatic rings. The molecule has 0 N–H and O–H groups in total. The number of hydrogen-bond donors (Lipinski definition) is 0. The van der Waals surface area contributed by atoms with Crippen LogP contribution in [0.25, 0.3) is 0 Å². The molecule has 0 saturated carbocycles. The molecule has 3 rings (SSSR count). The van der Waals surface area contributed by atoms with Gasteiger partial charge in [0.2, 0.25) is 0 Å². The molecule has 0 aliphatic carbocycles. The number of halogens is 1. The number of benzene rings is 2. The minimum absolute atomic E-state index is 0.202. The van der Waals surface area contributed by atoms with Gasteiger partial charge in [-0.2, -0.15) is 0 Å². The molecule has 0 amide bonds. The SMILES string of the molecule is CCSC1=CC(C)c2c(OC)cccc2N1Cc1ccc(F)cc1. The van der Waals surface area contributed by atoms with Crippen molar-refractivity contribution < 1.29 is 9.13 Å². The van der Waals surface area contributed by atoms with Crippen molar-refractivity contribution >= 4 is 17.4 Å². The Labute approximate surface area is 147 Å². The Bertz CT molecular complexity index is 742. The monoisotopic (exact) mass is 343 g/mol. The molecule has 2 aromatic rings. The lowest BCUT2D eigenvalue weighted by Gasteiger charge is -2.35. The van der Waals surface area contributed by atoms with Gasteiger partial charge in [0, 0.05) is 23.7 Å². The maximum absolute atomic E-state index is 13.2. The van der Waals surface area contributed by atoms with Crippen molar-refractivity contribution in [2.24, 2.45) is 0 Å². The molecular formula is C20H22FNOS. The zero-order chi connectivity index (χ0) is 17.1. The van der Waals surface area contributed by atoms with E-state index in [1.165, 1.54) is 28.4 Å². The van der Waals surface area contributed by atoms with Crippen LogP contribution in [0.3, 0.4) is 0 Å². The fraction of sp³-hybridized carbons (Fsp3) is 0.300. The van der Waals surface area contributed by atoms with Gasteiger partial charge in [-0.15, -0.1) is 11.8 Å². The van der Waals surface area contributed by atoms with Gasteiger partial charge in [0.1, 0.15) is 11.6 Å². The Kier molecular flexibility index (Phi) is 5.14. The predicted molar refractivity (Wildman–Crippen MR) is 100 cm³/mol. The maximum Gasteiger partial charge on any atom is 0.124 e. The number of hydrogen-bond acceptors (Lipinski definition) is 3. The van der Waals surface area contributed by atoms with E-state index < -0.39 is 0 Å². The van der Waals surface area contributed by atoms with E-state index >= 15 is 0 Å². The van der Waals surface area contributed by atoms with Crippen LogP contribution in [0.5, 0.6) is 5.75 Å². The number of methoxy groups -OCH3 is 1. The van der Waals surface area contributed by atoms with E-state index in [4.69, 9.17) is 4.74 Å². The fourth-order valence-corrected chi connectivity index (χ4v) is 4.03. The molecule has 1 aliphatic heterocycles. The van der Waals surface area contributed by atoms with Gasteiger partial charge in [0.15, 0.2) is 0 Å². The van der Waals surface area contributed by atoms with Crippen molar-refractivity contribution in [3.05, 3.63) is 70.5 Å². The number of ether oxygens (including phenoxy) is 1. The molecule has 1 heterocycles. The van der Waals surface area contributed by atoms with Crippen LogP contribution < -0.4 is 9.64 Å². The lowest BCUT2D eigenvalue weighted by atomic mass is 9.94. The molecular weight excluding hydrogens is 321 g/mol. The molecule has 126 valence electrons. The van der Waals surface area contributed by atoms with Gasteiger partial charge in [-0.3, -0.25) is 0 Å². The summed E-state index contributed by atoms with van der Waals surface area (Å²) in [5.74, 6) is 2.03. The first kappa shape index (κ1) is 16.9. The largest absolute Gasteiger partial charge is 0.496 e. The van der Waals surface area contributed by atoms with Crippen molar-refractivity contribution in [3.8, 4) is 5.75 Å². The molecule has 0 bridgehead atoms. The van der Waals surface area contributed by atoms with E-state index in [0.29, 0.717) is 12.5 Å². The summed E-state index contributed by atoms with van der Waals surface area (Å²) in [4.78, 5) is 2.30. The summed E-state index contributed by atoms with van der Waals surface area (Å²) in [6, 6.07) is 12.9. The topological polar surface area (TPSA) is 12.5 Å². The van der Waals surface area contributed by atoms with Crippen molar-refractivity contribution in [2.75, 3.05) is 17.8 Å². The molecule has 0 spiro atoms. The molecule has 0 radical (unpaired) electrons. The second-order valence-corrected chi connectivity index (χ2v) is 7.12. The number of nitrogens with zero attached hydrogens (tertiary/aromatic N) is 1. The van der Waals surface area contributed by atoms with Gasteiger partial charge in [-0.25, -0.2) is 4.39 Å². The Morgan fingerprint density at radius 3 is 2.58 bits per heavy atom. The number of fused-ring (bicyclic) bond motifs is 1. The van der Waals surface area contributed by atoms with E-state index in [1.54, 1.807) is 7.11 Å². The van der Waals surface area contributed by atoms with Gasteiger partial charge in [0.25, 0.3) is 0 Å². The molecule has 1 atom stereocenters. The second kappa shape index (κ2) is 7.31. The fourth-order valence-electron chi connectivity index (χ4n) is 3.12. The van der Waals surface area contributed by atoms with Crippen LogP contribution in [0.1, 0.15) is 30.9 Å². The zero-order valence-corrected chi connectivity index (χ0v) is 15.1. The zero-order valence-electron chi connectivity index (χ0n) is 14.3. The minimum Gasteiger partial charge on any atom is -0.496 e. The van der Waals surface area contributed by atoms with Gasteiger partial charge >= 0.3 is 0 Å². The summed E-state index contributed by atoms with van der Waals surface area (Å²) in [5, 5.41) is 1.25. The van der Waals surface area contributed by atoms with E-state index in [2.05, 4.69) is 30.9 Å². The van der Waals surface area contributed by atoms with E-state index in [1.807, 2.05) is 36.0 Å². The highest BCUT2D eigenvalue weighted by Gasteiger charge is 2.26. The first-order chi connectivity index (χ1) is 11.6. The molecule has 2 nitrogen and oxygen atoms in total. The highest BCUT2D eigenvalue weighted by Crippen LogP contribution is 2.45. The summed E-state index contributed by atoms with van der Waals surface area (Å²) in [5.41, 5.74) is 3.47. The van der Waals surface area contributed by atoms with Crippen molar-refractivity contribution in [2.45, 2.75) is 26.3 Å². The average Bonchev–Trinajstić information content (AvgIpc) is 2.59. The van der Waals surface area contributed by atoms with Crippen molar-refractivity contribution in [1.29, 1.82) is 0 Å². The lowest BCUT2D eigenvalue weighted by molar-refractivity contribution is 0.408. The molecule has 24 heavy (non-hydrogen) atoms. The average molecular weight is 343 g/mol. The highest BCUT2D eigenvalue weighted by molar-refractivity contribution is 8.03. The number of rotatable bonds is 5. The summed E-state index contributed by atoms with van der Waals surface area (Å²) < 4.78 is 18.8. The normalized spacial score (nSPS) is 16.6. The number of anilines is 1. The summed E-state index contributed by atoms with van der Waals surface area (Å²) in [6.07, 6.45) is 2.29. The number of allylic oxidation sites excluding steroid dienone is 1. The van der Waals surface area contributed by atoms with Crippen LogP contribution in [0, 0.1) is 5.82 Å². The predicted octanol–water partition coefficient (Wildman–Crippen LogP) is 5.55. The lowest BCUT2D eigenvalue weighted by Crippen LogP contribution is -2.26. The van der Waals surface area contributed by atoms with Crippen LogP contribution in [0.15, 0.2) is 53.6 Å². The minimum atomic E-state index is -0.202. The third kappa shape index (κ3) is 3.29. The molecule has 4 heteroatoms. The molecule has 2 aromatic carbocycles. The van der Waals surface area contributed by atoms with Crippen LogP contribution in [-0.2, 0) is 6.54 Å². The van der Waals surface area contributed by atoms with E-state index in [-0.39, 0.29) is 5.82 Å².